The highest BCUT2D eigenvalue weighted by atomic mass is 16.5. The number of rotatable bonds is 9. The molecule has 0 heterocycles. The summed E-state index contributed by atoms with van der Waals surface area (Å²) in [5.41, 5.74) is 7.01. The Kier molecular flexibility index (Phi) is 9.43. The Morgan fingerprint density at radius 2 is 1.96 bits per heavy atom. The van der Waals surface area contributed by atoms with Crippen LogP contribution in [-0.4, -0.2) is 42.6 Å². The van der Waals surface area contributed by atoms with Crippen molar-refractivity contribution in [2.24, 2.45) is 5.73 Å². The van der Waals surface area contributed by atoms with Crippen molar-refractivity contribution < 1.29 is 14.3 Å². The molecule has 0 spiro atoms. The van der Waals surface area contributed by atoms with Crippen LogP contribution in [0.25, 0.3) is 0 Å². The summed E-state index contributed by atoms with van der Waals surface area (Å²) in [4.78, 5) is 26.6. The predicted octanol–water partition coefficient (Wildman–Crippen LogP) is 2.78. The monoisotopic (exact) mass is 371 g/mol. The van der Waals surface area contributed by atoms with E-state index < -0.39 is 12.1 Å². The molecule has 146 valence electrons. The molecule has 6 heteroatoms. The average Bonchev–Trinajstić information content (AvgIpc) is 2.65. The first-order valence-electron chi connectivity index (χ1n) is 8.82. The van der Waals surface area contributed by atoms with Crippen molar-refractivity contribution in [2.75, 3.05) is 13.7 Å². The second-order valence-electron chi connectivity index (χ2n) is 6.34. The lowest BCUT2D eigenvalue weighted by molar-refractivity contribution is -0.133. The third-order valence-electron chi connectivity index (χ3n) is 4.01. The van der Waals surface area contributed by atoms with Gasteiger partial charge in [-0.25, -0.2) is 4.79 Å². The van der Waals surface area contributed by atoms with E-state index in [2.05, 4.69) is 11.9 Å². The van der Waals surface area contributed by atoms with Gasteiger partial charge in [-0.1, -0.05) is 49.1 Å². The molecule has 0 aliphatic carbocycles. The van der Waals surface area contributed by atoms with Crippen molar-refractivity contribution in [3.63, 3.8) is 0 Å². The second-order valence-corrected chi connectivity index (χ2v) is 6.34. The van der Waals surface area contributed by atoms with E-state index >= 15 is 0 Å². The van der Waals surface area contributed by atoms with Crippen molar-refractivity contribution in [3.8, 4) is 0 Å². The molecule has 0 unspecified atom stereocenters. The minimum absolute atomic E-state index is 0.0189. The quantitative estimate of drug-likeness (QED) is 0.654. The first kappa shape index (κ1) is 22.0. The zero-order valence-electron chi connectivity index (χ0n) is 16.2. The molecule has 27 heavy (non-hydrogen) atoms. The molecule has 0 saturated carbocycles. The van der Waals surface area contributed by atoms with Gasteiger partial charge in [-0.05, 0) is 37.3 Å². The molecule has 1 atom stereocenters. The van der Waals surface area contributed by atoms with Crippen molar-refractivity contribution in [3.05, 3.63) is 72.5 Å². The maximum atomic E-state index is 12.8. The van der Waals surface area contributed by atoms with E-state index in [9.17, 15) is 9.59 Å². The van der Waals surface area contributed by atoms with Gasteiger partial charge in [0.25, 0.3) is 0 Å². The summed E-state index contributed by atoms with van der Waals surface area (Å²) in [5, 5.41) is 2.68. The van der Waals surface area contributed by atoms with Crippen LogP contribution in [0.2, 0.25) is 0 Å². The number of alkyl carbamates (subject to hydrolysis) is 1. The van der Waals surface area contributed by atoms with Gasteiger partial charge >= 0.3 is 6.09 Å². The molecule has 1 aromatic carbocycles. The molecular weight excluding hydrogens is 342 g/mol. The molecule has 1 aromatic rings. The summed E-state index contributed by atoms with van der Waals surface area (Å²) >= 11 is 0. The van der Waals surface area contributed by atoms with Crippen LogP contribution in [0.4, 0.5) is 4.79 Å². The summed E-state index contributed by atoms with van der Waals surface area (Å²) in [6.07, 6.45) is 5.96. The van der Waals surface area contributed by atoms with Gasteiger partial charge in [0, 0.05) is 19.5 Å². The van der Waals surface area contributed by atoms with Crippen LogP contribution in [0, 0.1) is 0 Å². The first-order valence-corrected chi connectivity index (χ1v) is 8.82. The molecule has 0 radical (unpaired) electrons. The normalized spacial score (nSPS) is 12.7. The van der Waals surface area contributed by atoms with Gasteiger partial charge in [-0.3, -0.25) is 4.79 Å². The molecule has 0 fully saturated rings. The third-order valence-corrected chi connectivity index (χ3v) is 4.01. The standard InChI is InChI=1S/C21H29N3O3/c1-5-9-18(12-13-22)15-27-21(26)23-19(20(25)24(4)16(2)3)14-17-10-7-6-8-11-17/h5-13,16,19H,1,14-15,22H2,2-4H3,(H,23,26)/b13-12-,18-9+/t19-/m0/s1. The van der Waals surface area contributed by atoms with Crippen LogP contribution in [-0.2, 0) is 16.0 Å². The van der Waals surface area contributed by atoms with E-state index in [1.807, 2.05) is 44.2 Å². The number of allylic oxidation sites excluding steroid dienone is 2. The Hall–Kier alpha value is -3.02. The van der Waals surface area contributed by atoms with Crippen LogP contribution in [0.1, 0.15) is 19.4 Å². The zero-order valence-corrected chi connectivity index (χ0v) is 16.2. The number of carbonyl (C=O) groups is 2. The number of hydrogen-bond acceptors (Lipinski definition) is 4. The number of nitrogens with one attached hydrogen (secondary N) is 1. The number of nitrogens with zero attached hydrogens (tertiary/aromatic N) is 1. The van der Waals surface area contributed by atoms with Crippen molar-refractivity contribution >= 4 is 12.0 Å². The molecule has 1 rings (SSSR count). The Labute approximate surface area is 161 Å². The molecule has 0 aliphatic rings. The predicted molar refractivity (Wildman–Crippen MR) is 108 cm³/mol. The Bertz CT molecular complexity index is 681. The largest absolute Gasteiger partial charge is 0.445 e. The highest BCUT2D eigenvalue weighted by Gasteiger charge is 2.26. The Morgan fingerprint density at radius 3 is 2.52 bits per heavy atom. The van der Waals surface area contributed by atoms with Gasteiger partial charge in [0.05, 0.1) is 0 Å². The van der Waals surface area contributed by atoms with Gasteiger partial charge in [0.15, 0.2) is 0 Å². The number of amides is 2. The topological polar surface area (TPSA) is 84.7 Å². The van der Waals surface area contributed by atoms with E-state index in [-0.39, 0.29) is 18.6 Å². The van der Waals surface area contributed by atoms with Crippen molar-refractivity contribution in [1.82, 2.24) is 10.2 Å². The maximum Gasteiger partial charge on any atom is 0.408 e. The Balaban J connectivity index is 2.83. The SMILES string of the molecule is C=C/C=C(\C=C/N)COC(=O)N[C@@H](Cc1ccccc1)C(=O)N(C)C(C)C. The number of hydrogen-bond donors (Lipinski definition) is 2. The third kappa shape index (κ3) is 7.81. The van der Waals surface area contributed by atoms with E-state index in [1.54, 1.807) is 30.2 Å². The van der Waals surface area contributed by atoms with Crippen LogP contribution >= 0.6 is 0 Å². The fourth-order valence-corrected chi connectivity index (χ4v) is 2.31. The number of carbonyl (C=O) groups excluding carboxylic acids is 2. The van der Waals surface area contributed by atoms with Crippen LogP contribution in [0.15, 0.2) is 66.9 Å². The fraction of sp³-hybridized carbons (Fsp3) is 0.333. The minimum Gasteiger partial charge on any atom is -0.445 e. The smallest absolute Gasteiger partial charge is 0.408 e. The van der Waals surface area contributed by atoms with Crippen LogP contribution < -0.4 is 11.1 Å². The van der Waals surface area contributed by atoms with E-state index in [4.69, 9.17) is 10.5 Å². The Morgan fingerprint density at radius 1 is 1.30 bits per heavy atom. The summed E-state index contributed by atoms with van der Waals surface area (Å²) in [6, 6.07) is 8.83. The molecule has 3 N–H and O–H groups in total. The van der Waals surface area contributed by atoms with Crippen LogP contribution in [0.5, 0.6) is 0 Å². The van der Waals surface area contributed by atoms with Gasteiger partial charge in [0.2, 0.25) is 5.91 Å². The van der Waals surface area contributed by atoms with E-state index in [0.29, 0.717) is 12.0 Å². The van der Waals surface area contributed by atoms with E-state index in [1.165, 1.54) is 6.20 Å². The first-order chi connectivity index (χ1) is 12.9. The highest BCUT2D eigenvalue weighted by molar-refractivity contribution is 5.86. The lowest BCUT2D eigenvalue weighted by Crippen LogP contribution is -2.50. The lowest BCUT2D eigenvalue weighted by Gasteiger charge is -2.27. The maximum absolute atomic E-state index is 12.8. The highest BCUT2D eigenvalue weighted by Crippen LogP contribution is 2.08. The number of benzene rings is 1. The summed E-state index contributed by atoms with van der Waals surface area (Å²) in [5.74, 6) is -0.172. The minimum atomic E-state index is -0.718. The van der Waals surface area contributed by atoms with Crippen molar-refractivity contribution in [1.29, 1.82) is 0 Å². The van der Waals surface area contributed by atoms with Gasteiger partial charge in [-0.2, -0.15) is 0 Å². The van der Waals surface area contributed by atoms with Gasteiger partial charge < -0.3 is 20.7 Å². The molecule has 6 nitrogen and oxygen atoms in total. The molecule has 0 aromatic heterocycles. The zero-order chi connectivity index (χ0) is 20.2. The summed E-state index contributed by atoms with van der Waals surface area (Å²) in [7, 11) is 1.72. The van der Waals surface area contributed by atoms with E-state index in [0.717, 1.165) is 5.56 Å². The van der Waals surface area contributed by atoms with Gasteiger partial charge in [-0.15, -0.1) is 0 Å². The van der Waals surface area contributed by atoms with Crippen LogP contribution in [0.3, 0.4) is 0 Å². The molecule has 2 amide bonds. The molecule has 0 bridgehead atoms. The van der Waals surface area contributed by atoms with Gasteiger partial charge in [0.1, 0.15) is 12.6 Å². The molecular formula is C21H29N3O3. The van der Waals surface area contributed by atoms with Crippen molar-refractivity contribution in [2.45, 2.75) is 32.4 Å². The number of ether oxygens (including phenoxy) is 1. The average molecular weight is 371 g/mol. The lowest BCUT2D eigenvalue weighted by atomic mass is 10.0. The number of nitrogens with two attached hydrogens (primary N) is 1. The molecule has 0 aliphatic heterocycles. The molecule has 0 saturated heterocycles. The fourth-order valence-electron chi connectivity index (χ4n) is 2.31. The summed E-state index contributed by atoms with van der Waals surface area (Å²) in [6.45, 7) is 7.47. The second kappa shape index (κ2) is 11.6. The summed E-state index contributed by atoms with van der Waals surface area (Å²) < 4.78 is 5.22. The number of likely N-dealkylation sites (N-methyl/N-ethyl adjacent to an activating group) is 1.